The van der Waals surface area contributed by atoms with Crippen molar-refractivity contribution in [1.29, 1.82) is 0 Å². The van der Waals surface area contributed by atoms with Crippen molar-refractivity contribution in [2.24, 2.45) is 5.10 Å². The number of anilines is 1. The molecule has 1 fully saturated rings. The molecule has 1 aliphatic rings. The minimum absolute atomic E-state index is 0.0754. The van der Waals surface area contributed by atoms with Crippen LogP contribution < -0.4 is 16.1 Å². The maximum absolute atomic E-state index is 12.7. The van der Waals surface area contributed by atoms with E-state index in [-0.39, 0.29) is 17.3 Å². The van der Waals surface area contributed by atoms with Gasteiger partial charge in [0.05, 0.1) is 19.3 Å². The second-order valence-corrected chi connectivity index (χ2v) is 7.48. The van der Waals surface area contributed by atoms with Crippen molar-refractivity contribution in [1.82, 2.24) is 30.7 Å². The lowest BCUT2D eigenvalue weighted by Crippen LogP contribution is -3.08. The zero-order chi connectivity index (χ0) is 20.2. The molecule has 4 rings (SSSR count). The van der Waals surface area contributed by atoms with Crippen LogP contribution in [0.25, 0.3) is 5.82 Å². The summed E-state index contributed by atoms with van der Waals surface area (Å²) in [4.78, 5) is 14.1. The summed E-state index contributed by atoms with van der Waals surface area (Å²) >= 11 is 3.44. The van der Waals surface area contributed by atoms with Crippen molar-refractivity contribution >= 4 is 33.9 Å². The fourth-order valence-corrected chi connectivity index (χ4v) is 3.61. The number of nitrogens with one attached hydrogen (secondary N) is 2. The molecule has 11 nitrogen and oxygen atoms in total. The summed E-state index contributed by atoms with van der Waals surface area (Å²) in [6.07, 6.45) is 3.84. The Hall–Kier alpha value is -3.12. The highest BCUT2D eigenvalue weighted by molar-refractivity contribution is 9.10. The van der Waals surface area contributed by atoms with Gasteiger partial charge in [0.2, 0.25) is 11.6 Å². The molecule has 0 atom stereocenters. The fourth-order valence-electron chi connectivity index (χ4n) is 3.23. The Balaban J connectivity index is 1.58. The van der Waals surface area contributed by atoms with Crippen LogP contribution in [0.2, 0.25) is 0 Å². The van der Waals surface area contributed by atoms with E-state index < -0.39 is 5.91 Å². The van der Waals surface area contributed by atoms with Crippen LogP contribution in [0.4, 0.5) is 5.82 Å². The predicted molar refractivity (Wildman–Crippen MR) is 106 cm³/mol. The van der Waals surface area contributed by atoms with Crippen molar-refractivity contribution in [2.75, 3.05) is 18.8 Å². The van der Waals surface area contributed by atoms with Gasteiger partial charge in [0.1, 0.15) is 12.2 Å². The zero-order valence-electron chi connectivity index (χ0n) is 15.4. The van der Waals surface area contributed by atoms with Crippen LogP contribution >= 0.6 is 15.9 Å². The van der Waals surface area contributed by atoms with Gasteiger partial charge in [-0.25, -0.2) is 10.1 Å². The average molecular weight is 461 g/mol. The van der Waals surface area contributed by atoms with E-state index in [9.17, 15) is 4.79 Å². The number of benzene rings is 1. The van der Waals surface area contributed by atoms with Gasteiger partial charge in [-0.15, -0.1) is 5.10 Å². The summed E-state index contributed by atoms with van der Waals surface area (Å²) in [6.45, 7) is 2.58. The van der Waals surface area contributed by atoms with Gasteiger partial charge < -0.3 is 10.6 Å². The van der Waals surface area contributed by atoms with Crippen molar-refractivity contribution in [3.05, 3.63) is 45.7 Å². The topological polar surface area (TPSA) is 142 Å². The first-order valence-corrected chi connectivity index (χ1v) is 9.87. The number of halogens is 1. The molecule has 3 aromatic rings. The number of quaternary nitrogens is 1. The number of nitrogens with two attached hydrogens (primary N) is 1. The summed E-state index contributed by atoms with van der Waals surface area (Å²) in [5, 5.41) is 19.5. The second kappa shape index (κ2) is 8.49. The third kappa shape index (κ3) is 4.17. The molecule has 4 N–H and O–H groups in total. The Kier molecular flexibility index (Phi) is 5.62. The van der Waals surface area contributed by atoms with Crippen LogP contribution in [-0.2, 0) is 6.54 Å². The minimum atomic E-state index is -0.469. The van der Waals surface area contributed by atoms with Gasteiger partial charge in [-0.3, -0.25) is 4.79 Å². The van der Waals surface area contributed by atoms with Crippen LogP contribution in [-0.4, -0.2) is 50.5 Å². The lowest BCUT2D eigenvalue weighted by Gasteiger charge is -2.12. The van der Waals surface area contributed by atoms with Gasteiger partial charge in [0, 0.05) is 22.9 Å². The molecule has 0 unspecified atom stereocenters. The molecule has 3 heterocycles. The molecular weight excluding hydrogens is 442 g/mol. The first-order valence-electron chi connectivity index (χ1n) is 9.08. The normalized spacial score (nSPS) is 14.7. The smallest absolute Gasteiger partial charge is 0.294 e. The Morgan fingerprint density at radius 1 is 1.34 bits per heavy atom. The summed E-state index contributed by atoms with van der Waals surface area (Å²) in [7, 11) is 0. The number of rotatable bonds is 6. The number of hydrogen-bond acceptors (Lipinski definition) is 8. The van der Waals surface area contributed by atoms with Crippen molar-refractivity contribution in [3.8, 4) is 5.82 Å². The lowest BCUT2D eigenvalue weighted by molar-refractivity contribution is -0.901. The van der Waals surface area contributed by atoms with E-state index in [2.05, 4.69) is 51.7 Å². The minimum Gasteiger partial charge on any atom is -0.378 e. The number of nitrogens with zero attached hydrogens (tertiary/aromatic N) is 6. The highest BCUT2D eigenvalue weighted by atomic mass is 79.9. The second-order valence-electron chi connectivity index (χ2n) is 6.62. The van der Waals surface area contributed by atoms with E-state index in [4.69, 9.17) is 5.73 Å². The van der Waals surface area contributed by atoms with E-state index in [1.54, 1.807) is 6.21 Å². The molecular formula is C17H19BrN9O2+. The summed E-state index contributed by atoms with van der Waals surface area (Å²) < 4.78 is 6.95. The molecule has 0 spiro atoms. The molecule has 1 saturated heterocycles. The van der Waals surface area contributed by atoms with Crippen molar-refractivity contribution in [2.45, 2.75) is 19.4 Å². The third-order valence-corrected chi connectivity index (χ3v) is 5.40. The van der Waals surface area contributed by atoms with E-state index in [1.165, 1.54) is 9.58 Å². The molecule has 0 bridgehead atoms. The highest BCUT2D eigenvalue weighted by Crippen LogP contribution is 2.16. The number of nitrogen functional groups attached to an aromatic ring is 1. The molecule has 12 heteroatoms. The number of carbonyl (C=O) groups excluding carboxylic acids is 1. The maximum Gasteiger partial charge on any atom is 0.294 e. The van der Waals surface area contributed by atoms with E-state index in [1.807, 2.05) is 24.3 Å². The first kappa shape index (κ1) is 19.2. The summed E-state index contributed by atoms with van der Waals surface area (Å²) in [5.74, 6) is -0.184. The average Bonchev–Trinajstić information content (AvgIpc) is 3.45. The Labute approximate surface area is 174 Å². The molecule has 1 aromatic carbocycles. The van der Waals surface area contributed by atoms with E-state index in [0.717, 1.165) is 36.0 Å². The maximum atomic E-state index is 12.7. The van der Waals surface area contributed by atoms with Crippen LogP contribution in [0.15, 0.2) is 38.5 Å². The summed E-state index contributed by atoms with van der Waals surface area (Å²) in [5.41, 5.74) is 9.89. The number of likely N-dealkylation sites (tertiary alicyclic amines) is 1. The Morgan fingerprint density at radius 3 is 2.86 bits per heavy atom. The van der Waals surface area contributed by atoms with Crippen LogP contribution in [0.5, 0.6) is 0 Å². The molecule has 2 aromatic heterocycles. The molecule has 0 aliphatic carbocycles. The molecule has 150 valence electrons. The third-order valence-electron chi connectivity index (χ3n) is 4.68. The number of aromatic nitrogens is 5. The van der Waals surface area contributed by atoms with Crippen LogP contribution in [0.3, 0.4) is 0 Å². The molecule has 0 radical (unpaired) electrons. The number of carbonyl (C=O) groups is 1. The van der Waals surface area contributed by atoms with Crippen molar-refractivity contribution < 1.29 is 14.3 Å². The van der Waals surface area contributed by atoms with Gasteiger partial charge in [-0.1, -0.05) is 39.3 Å². The number of hydrazone groups is 1. The number of amides is 1. The van der Waals surface area contributed by atoms with Gasteiger partial charge in [-0.05, 0) is 16.4 Å². The van der Waals surface area contributed by atoms with Gasteiger partial charge in [-0.2, -0.15) is 9.78 Å². The van der Waals surface area contributed by atoms with Crippen molar-refractivity contribution in [3.63, 3.8) is 0 Å². The molecule has 0 saturated carbocycles. The van der Waals surface area contributed by atoms with E-state index in [0.29, 0.717) is 12.2 Å². The SMILES string of the molecule is Nc1nonc1-n1nnc(C(=O)NN=Cc2ccccc2Br)c1C[NH+]1CCCC1. The van der Waals surface area contributed by atoms with Gasteiger partial charge >= 0.3 is 0 Å². The lowest BCUT2D eigenvalue weighted by atomic mass is 10.2. The fraction of sp³-hybridized carbons (Fsp3) is 0.294. The quantitative estimate of drug-likeness (QED) is 0.345. The monoisotopic (exact) mass is 460 g/mol. The Bertz CT molecular complexity index is 1040. The standard InChI is InChI=1S/C17H18BrN9O2/c18-12-6-2-1-5-11(12)9-20-22-17(28)14-13(10-26-7-3-4-8-26)27(25-21-14)16-15(19)23-29-24-16/h1-2,5-6,9H,3-4,7-8,10H2,(H2,19,23)(H,22,28)/p+1. The molecule has 29 heavy (non-hydrogen) atoms. The van der Waals surface area contributed by atoms with Gasteiger partial charge in [0.15, 0.2) is 5.69 Å². The highest BCUT2D eigenvalue weighted by Gasteiger charge is 2.28. The molecule has 1 aliphatic heterocycles. The zero-order valence-corrected chi connectivity index (χ0v) is 17.0. The van der Waals surface area contributed by atoms with Crippen LogP contribution in [0, 0.1) is 0 Å². The number of hydrogen-bond donors (Lipinski definition) is 3. The van der Waals surface area contributed by atoms with E-state index >= 15 is 0 Å². The van der Waals surface area contributed by atoms with Crippen LogP contribution in [0.1, 0.15) is 34.6 Å². The summed E-state index contributed by atoms with van der Waals surface area (Å²) in [6, 6.07) is 7.54. The van der Waals surface area contributed by atoms with Gasteiger partial charge in [0.25, 0.3) is 5.91 Å². The Morgan fingerprint density at radius 2 is 2.14 bits per heavy atom. The first-order chi connectivity index (χ1) is 14.1. The molecule has 1 amide bonds. The predicted octanol–water partition coefficient (Wildman–Crippen LogP) is -0.0624. The largest absolute Gasteiger partial charge is 0.378 e.